The van der Waals surface area contributed by atoms with Gasteiger partial charge in [-0.2, -0.15) is 0 Å². The van der Waals surface area contributed by atoms with Crippen LogP contribution in [0.25, 0.3) is 0 Å². The maximum absolute atomic E-state index is 13.4. The fourth-order valence-corrected chi connectivity index (χ4v) is 4.05. The largest absolute Gasteiger partial charge is 0.354 e. The lowest BCUT2D eigenvalue weighted by atomic mass is 10.1. The summed E-state index contributed by atoms with van der Waals surface area (Å²) in [4.78, 5) is 27.8. The van der Waals surface area contributed by atoms with Gasteiger partial charge in [-0.25, -0.2) is 0 Å². The maximum Gasteiger partial charge on any atom is 0.242 e. The Kier molecular flexibility index (Phi) is 9.95. The Morgan fingerprint density at radius 2 is 1.48 bits per heavy atom. The molecule has 2 aromatic rings. The quantitative estimate of drug-likeness (QED) is 0.429. The molecule has 0 radical (unpaired) electrons. The molecule has 0 spiro atoms. The number of nitrogens with zero attached hydrogens (tertiary/aromatic N) is 1. The molecule has 0 aromatic heterocycles. The summed E-state index contributed by atoms with van der Waals surface area (Å²) >= 11 is 24.6. The zero-order valence-electron chi connectivity index (χ0n) is 17.7. The predicted octanol–water partition coefficient (Wildman–Crippen LogP) is 6.42. The second kappa shape index (κ2) is 12.0. The van der Waals surface area contributed by atoms with Crippen molar-refractivity contribution in [2.45, 2.75) is 46.2 Å². The highest BCUT2D eigenvalue weighted by atomic mass is 35.5. The molecule has 0 bridgehead atoms. The van der Waals surface area contributed by atoms with Gasteiger partial charge >= 0.3 is 0 Å². The molecular weight excluding hydrogens is 478 g/mol. The van der Waals surface area contributed by atoms with Gasteiger partial charge in [-0.1, -0.05) is 79.3 Å². The lowest BCUT2D eigenvalue weighted by Crippen LogP contribution is -2.50. The third kappa shape index (κ3) is 7.57. The van der Waals surface area contributed by atoms with Gasteiger partial charge in [0, 0.05) is 33.2 Å². The van der Waals surface area contributed by atoms with Gasteiger partial charge in [0.2, 0.25) is 11.8 Å². The molecule has 2 aromatic carbocycles. The molecule has 0 aliphatic heterocycles. The van der Waals surface area contributed by atoms with E-state index < -0.39 is 6.04 Å². The van der Waals surface area contributed by atoms with Crippen molar-refractivity contribution in [1.29, 1.82) is 0 Å². The van der Waals surface area contributed by atoms with E-state index in [2.05, 4.69) is 5.32 Å². The Bertz CT molecular complexity index is 934. The molecule has 0 aliphatic carbocycles. The molecule has 4 nitrogen and oxygen atoms in total. The number of hydrogen-bond acceptors (Lipinski definition) is 2. The zero-order chi connectivity index (χ0) is 23.1. The molecule has 0 saturated heterocycles. The van der Waals surface area contributed by atoms with Crippen LogP contribution in [-0.4, -0.2) is 29.3 Å². The summed E-state index contributed by atoms with van der Waals surface area (Å²) < 4.78 is 0. The van der Waals surface area contributed by atoms with E-state index in [0.29, 0.717) is 50.1 Å². The first kappa shape index (κ1) is 25.8. The molecule has 2 amide bonds. The minimum atomic E-state index is -0.649. The number of nitrogens with one attached hydrogen (secondary N) is 1. The molecule has 0 heterocycles. The molecule has 2 rings (SSSR count). The van der Waals surface area contributed by atoms with E-state index in [9.17, 15) is 9.59 Å². The van der Waals surface area contributed by atoms with Crippen molar-refractivity contribution in [3.05, 3.63) is 67.6 Å². The van der Waals surface area contributed by atoms with Crippen LogP contribution < -0.4 is 5.32 Å². The average Bonchev–Trinajstić information content (AvgIpc) is 2.69. The van der Waals surface area contributed by atoms with Crippen molar-refractivity contribution >= 4 is 58.2 Å². The smallest absolute Gasteiger partial charge is 0.242 e. The number of carbonyl (C=O) groups is 2. The SMILES string of the molecule is CC[C@H](C(=O)NCC(C)C)N(Cc1ccc(Cl)cc1Cl)C(=O)Cc1ccc(Cl)cc1Cl. The summed E-state index contributed by atoms with van der Waals surface area (Å²) in [7, 11) is 0. The first-order valence-electron chi connectivity index (χ1n) is 10.1. The van der Waals surface area contributed by atoms with Gasteiger partial charge in [-0.3, -0.25) is 9.59 Å². The van der Waals surface area contributed by atoms with E-state index in [0.717, 1.165) is 0 Å². The first-order valence-corrected chi connectivity index (χ1v) is 11.6. The monoisotopic (exact) mass is 502 g/mol. The van der Waals surface area contributed by atoms with Crippen LogP contribution in [0.4, 0.5) is 0 Å². The van der Waals surface area contributed by atoms with Gasteiger partial charge in [0.05, 0.1) is 6.42 Å². The second-order valence-electron chi connectivity index (χ2n) is 7.73. The highest BCUT2D eigenvalue weighted by Gasteiger charge is 2.29. The van der Waals surface area contributed by atoms with Crippen LogP contribution in [0.5, 0.6) is 0 Å². The Balaban J connectivity index is 2.34. The zero-order valence-corrected chi connectivity index (χ0v) is 20.7. The summed E-state index contributed by atoms with van der Waals surface area (Å²) in [6.45, 7) is 6.61. The molecule has 0 unspecified atom stereocenters. The third-order valence-corrected chi connectivity index (χ3v) is 5.96. The van der Waals surface area contributed by atoms with Crippen LogP contribution in [0.15, 0.2) is 36.4 Å². The van der Waals surface area contributed by atoms with Crippen LogP contribution in [-0.2, 0) is 22.6 Å². The predicted molar refractivity (Wildman–Crippen MR) is 129 cm³/mol. The van der Waals surface area contributed by atoms with E-state index >= 15 is 0 Å². The van der Waals surface area contributed by atoms with Crippen molar-refractivity contribution in [1.82, 2.24) is 10.2 Å². The Morgan fingerprint density at radius 3 is 1.97 bits per heavy atom. The Morgan fingerprint density at radius 1 is 0.935 bits per heavy atom. The number of hydrogen-bond donors (Lipinski definition) is 1. The minimum absolute atomic E-state index is 0.0369. The Labute approximate surface area is 203 Å². The summed E-state index contributed by atoms with van der Waals surface area (Å²) in [6.07, 6.45) is 0.490. The number of benzene rings is 2. The molecule has 0 aliphatic rings. The van der Waals surface area contributed by atoms with E-state index in [4.69, 9.17) is 46.4 Å². The van der Waals surface area contributed by atoms with Gasteiger partial charge < -0.3 is 10.2 Å². The van der Waals surface area contributed by atoms with Crippen molar-refractivity contribution < 1.29 is 9.59 Å². The molecule has 1 N–H and O–H groups in total. The summed E-state index contributed by atoms with van der Waals surface area (Å²) in [5, 5.41) is 4.77. The number of rotatable bonds is 9. The topological polar surface area (TPSA) is 49.4 Å². The second-order valence-corrected chi connectivity index (χ2v) is 9.42. The lowest BCUT2D eigenvalue weighted by molar-refractivity contribution is -0.141. The van der Waals surface area contributed by atoms with Crippen molar-refractivity contribution in [3.63, 3.8) is 0 Å². The highest BCUT2D eigenvalue weighted by molar-refractivity contribution is 6.35. The van der Waals surface area contributed by atoms with Crippen LogP contribution in [0.3, 0.4) is 0 Å². The minimum Gasteiger partial charge on any atom is -0.354 e. The van der Waals surface area contributed by atoms with E-state index in [1.807, 2.05) is 20.8 Å². The normalized spacial score (nSPS) is 12.0. The van der Waals surface area contributed by atoms with Crippen molar-refractivity contribution in [3.8, 4) is 0 Å². The summed E-state index contributed by atoms with van der Waals surface area (Å²) in [6, 6.07) is 9.44. The molecule has 31 heavy (non-hydrogen) atoms. The van der Waals surface area contributed by atoms with E-state index in [1.165, 1.54) is 0 Å². The molecule has 8 heteroatoms. The van der Waals surface area contributed by atoms with Crippen molar-refractivity contribution in [2.75, 3.05) is 6.54 Å². The lowest BCUT2D eigenvalue weighted by Gasteiger charge is -2.31. The van der Waals surface area contributed by atoms with Crippen LogP contribution in [0, 0.1) is 5.92 Å². The molecule has 1 atom stereocenters. The molecule has 0 saturated carbocycles. The average molecular weight is 504 g/mol. The van der Waals surface area contributed by atoms with Crippen LogP contribution in [0.1, 0.15) is 38.3 Å². The highest BCUT2D eigenvalue weighted by Crippen LogP contribution is 2.26. The van der Waals surface area contributed by atoms with Gasteiger partial charge in [0.25, 0.3) is 0 Å². The molecule has 168 valence electrons. The van der Waals surface area contributed by atoms with Crippen molar-refractivity contribution in [2.24, 2.45) is 5.92 Å². The number of amides is 2. The van der Waals surface area contributed by atoms with Crippen LogP contribution in [0.2, 0.25) is 20.1 Å². The summed E-state index contributed by atoms with van der Waals surface area (Å²) in [5.74, 6) is -0.136. The van der Waals surface area contributed by atoms with Gasteiger partial charge in [0.15, 0.2) is 0 Å². The molecule has 0 fully saturated rings. The van der Waals surface area contributed by atoms with E-state index in [-0.39, 0.29) is 24.8 Å². The van der Waals surface area contributed by atoms with E-state index in [1.54, 1.807) is 41.3 Å². The number of carbonyl (C=O) groups excluding carboxylic acids is 2. The van der Waals surface area contributed by atoms with Gasteiger partial charge in [-0.15, -0.1) is 0 Å². The first-order chi connectivity index (χ1) is 14.6. The maximum atomic E-state index is 13.4. The van der Waals surface area contributed by atoms with Gasteiger partial charge in [-0.05, 0) is 47.7 Å². The van der Waals surface area contributed by atoms with Crippen LogP contribution >= 0.6 is 46.4 Å². The fourth-order valence-electron chi connectivity index (χ4n) is 3.10. The summed E-state index contributed by atoms with van der Waals surface area (Å²) in [5.41, 5.74) is 1.34. The Hall–Kier alpha value is -1.46. The fraction of sp³-hybridized carbons (Fsp3) is 0.391. The third-order valence-electron chi connectivity index (χ3n) is 4.78. The molecular formula is C23H26Cl4N2O2. The number of halogens is 4. The standard InChI is InChI=1S/C23H26Cl4N2O2/c1-4-21(23(31)28-12-14(2)3)29(13-16-6-8-18(25)11-20(16)27)22(30)9-15-5-7-17(24)10-19(15)26/h5-8,10-11,14,21H,4,9,12-13H2,1-3H3,(H,28,31)/t21-/m1/s1. The van der Waals surface area contributed by atoms with Gasteiger partial charge in [0.1, 0.15) is 6.04 Å².